The third-order valence-electron chi connectivity index (χ3n) is 1.42. The van der Waals surface area contributed by atoms with Gasteiger partial charge in [-0.2, -0.15) is 0 Å². The van der Waals surface area contributed by atoms with E-state index in [1.807, 2.05) is 13.8 Å². The van der Waals surface area contributed by atoms with Gasteiger partial charge in [0.15, 0.2) is 0 Å². The first-order valence-electron chi connectivity index (χ1n) is 4.36. The van der Waals surface area contributed by atoms with Crippen LogP contribution in [0.5, 0.6) is 0 Å². The van der Waals surface area contributed by atoms with Crippen molar-refractivity contribution in [3.8, 4) is 0 Å². The highest BCUT2D eigenvalue weighted by atomic mass is 16.2. The zero-order chi connectivity index (χ0) is 10.9. The Morgan fingerprint density at radius 1 is 1.23 bits per heavy atom. The second-order valence-electron chi connectivity index (χ2n) is 2.76. The van der Waals surface area contributed by atoms with Crippen LogP contribution in [0.2, 0.25) is 0 Å². The van der Waals surface area contributed by atoms with Crippen molar-refractivity contribution in [1.82, 2.24) is 9.80 Å². The summed E-state index contributed by atoms with van der Waals surface area (Å²) in [6.45, 7) is 7.19. The van der Waals surface area contributed by atoms with Crippen molar-refractivity contribution in [2.24, 2.45) is 0 Å². The average molecular weight is 188 g/mol. The first-order valence-corrected chi connectivity index (χ1v) is 4.36. The highest BCUT2D eigenvalue weighted by Crippen LogP contribution is 1.84. The lowest BCUT2D eigenvalue weighted by Crippen LogP contribution is -2.27. The lowest BCUT2D eigenvalue weighted by Gasteiger charge is -2.14. The number of nitrogens with zero attached hydrogens (tertiary/aromatic N) is 2. The van der Waals surface area contributed by atoms with Crippen molar-refractivity contribution in [2.45, 2.75) is 20.8 Å². The molecule has 0 bridgehead atoms. The Morgan fingerprint density at radius 3 is 1.54 bits per heavy atom. The molecule has 4 heteroatoms. The summed E-state index contributed by atoms with van der Waals surface area (Å²) >= 11 is 0. The van der Waals surface area contributed by atoms with Gasteiger partial charge in [0, 0.05) is 34.1 Å². The maximum atomic E-state index is 10.5. The van der Waals surface area contributed by atoms with Gasteiger partial charge in [-0.1, -0.05) is 0 Å². The molecule has 0 N–H and O–H groups in total. The van der Waals surface area contributed by atoms with E-state index in [2.05, 4.69) is 0 Å². The standard InChI is InChI=1S/C6H13NO.C3H7NO/c1-4-7(5-2)6(3)8;1-4(2)3-5/h4-5H2,1-3H3;3H,1-2H3. The van der Waals surface area contributed by atoms with Crippen molar-refractivity contribution >= 4 is 12.3 Å². The number of hydrogen-bond donors (Lipinski definition) is 0. The molecular weight excluding hydrogens is 168 g/mol. The van der Waals surface area contributed by atoms with Crippen LogP contribution in [0.25, 0.3) is 0 Å². The second kappa shape index (κ2) is 9.03. The van der Waals surface area contributed by atoms with E-state index in [1.54, 1.807) is 25.9 Å². The van der Waals surface area contributed by atoms with Crippen LogP contribution in [0.4, 0.5) is 0 Å². The van der Waals surface area contributed by atoms with E-state index in [1.165, 1.54) is 4.90 Å². The van der Waals surface area contributed by atoms with Gasteiger partial charge >= 0.3 is 0 Å². The van der Waals surface area contributed by atoms with E-state index in [0.29, 0.717) is 0 Å². The molecule has 2 amide bonds. The first-order chi connectivity index (χ1) is 5.99. The lowest BCUT2D eigenvalue weighted by molar-refractivity contribution is -0.128. The highest BCUT2D eigenvalue weighted by molar-refractivity contribution is 5.73. The fraction of sp³-hybridized carbons (Fsp3) is 0.778. The van der Waals surface area contributed by atoms with Crippen LogP contribution in [-0.4, -0.2) is 49.3 Å². The van der Waals surface area contributed by atoms with E-state index in [9.17, 15) is 9.59 Å². The molecule has 4 nitrogen and oxygen atoms in total. The molecule has 0 spiro atoms. The molecule has 0 heterocycles. The van der Waals surface area contributed by atoms with Gasteiger partial charge in [0.1, 0.15) is 0 Å². The topological polar surface area (TPSA) is 40.6 Å². The molecule has 0 fully saturated rings. The number of hydrogen-bond acceptors (Lipinski definition) is 2. The van der Waals surface area contributed by atoms with Crippen molar-refractivity contribution in [3.05, 3.63) is 0 Å². The minimum atomic E-state index is 0.162. The summed E-state index contributed by atoms with van der Waals surface area (Å²) in [5, 5.41) is 0. The number of rotatable bonds is 3. The molecule has 0 aromatic heterocycles. The van der Waals surface area contributed by atoms with Crippen LogP contribution >= 0.6 is 0 Å². The summed E-state index contributed by atoms with van der Waals surface area (Å²) in [5.41, 5.74) is 0. The maximum Gasteiger partial charge on any atom is 0.219 e. The summed E-state index contributed by atoms with van der Waals surface area (Å²) in [6, 6.07) is 0. The average Bonchev–Trinajstić information content (AvgIpc) is 2.07. The highest BCUT2D eigenvalue weighted by Gasteiger charge is 1.99. The van der Waals surface area contributed by atoms with E-state index >= 15 is 0 Å². The molecule has 0 radical (unpaired) electrons. The Morgan fingerprint density at radius 2 is 1.54 bits per heavy atom. The van der Waals surface area contributed by atoms with E-state index in [-0.39, 0.29) is 5.91 Å². The Balaban J connectivity index is 0. The monoisotopic (exact) mass is 188 g/mol. The van der Waals surface area contributed by atoms with E-state index in [0.717, 1.165) is 19.5 Å². The summed E-state index contributed by atoms with van der Waals surface area (Å²) < 4.78 is 0. The summed E-state index contributed by atoms with van der Waals surface area (Å²) in [5.74, 6) is 0.162. The predicted molar refractivity (Wildman–Crippen MR) is 53.4 cm³/mol. The maximum absolute atomic E-state index is 10.5. The molecule has 0 aliphatic rings. The molecular formula is C9H20N2O2. The van der Waals surface area contributed by atoms with Crippen molar-refractivity contribution in [3.63, 3.8) is 0 Å². The Labute approximate surface area is 80.5 Å². The SMILES string of the molecule is CCN(CC)C(C)=O.CN(C)C=O. The van der Waals surface area contributed by atoms with Gasteiger partial charge in [-0.15, -0.1) is 0 Å². The fourth-order valence-electron chi connectivity index (χ4n) is 0.669. The Kier molecular flexibility index (Phi) is 10.0. The van der Waals surface area contributed by atoms with Crippen LogP contribution in [0.1, 0.15) is 20.8 Å². The number of carbonyl (C=O) groups is 2. The first kappa shape index (κ1) is 14.5. The Bertz CT molecular complexity index is 143. The number of amides is 2. The summed E-state index contributed by atoms with van der Waals surface area (Å²) in [4.78, 5) is 23.2. The van der Waals surface area contributed by atoms with Crippen LogP contribution in [0.3, 0.4) is 0 Å². The molecule has 0 aromatic rings. The molecule has 0 rings (SSSR count). The second-order valence-corrected chi connectivity index (χ2v) is 2.76. The van der Waals surface area contributed by atoms with Crippen LogP contribution in [-0.2, 0) is 9.59 Å². The van der Waals surface area contributed by atoms with Crippen LogP contribution in [0, 0.1) is 0 Å². The fourth-order valence-corrected chi connectivity index (χ4v) is 0.669. The van der Waals surface area contributed by atoms with Gasteiger partial charge in [0.05, 0.1) is 0 Å². The minimum Gasteiger partial charge on any atom is -0.351 e. The van der Waals surface area contributed by atoms with Crippen molar-refractivity contribution in [1.29, 1.82) is 0 Å². The largest absolute Gasteiger partial charge is 0.351 e. The normalized spacial score (nSPS) is 8.08. The molecule has 0 atom stereocenters. The third-order valence-corrected chi connectivity index (χ3v) is 1.42. The minimum absolute atomic E-state index is 0.162. The summed E-state index contributed by atoms with van der Waals surface area (Å²) in [6.07, 6.45) is 0.750. The van der Waals surface area contributed by atoms with Gasteiger partial charge in [0.2, 0.25) is 12.3 Å². The smallest absolute Gasteiger partial charge is 0.219 e. The van der Waals surface area contributed by atoms with Crippen LogP contribution in [0.15, 0.2) is 0 Å². The summed E-state index contributed by atoms with van der Waals surface area (Å²) in [7, 11) is 3.38. The van der Waals surface area contributed by atoms with E-state index < -0.39 is 0 Å². The molecule has 0 aromatic carbocycles. The zero-order valence-electron chi connectivity index (χ0n) is 9.20. The van der Waals surface area contributed by atoms with Gasteiger partial charge < -0.3 is 9.80 Å². The molecule has 0 saturated heterocycles. The quantitative estimate of drug-likeness (QED) is 0.608. The molecule has 0 aliphatic carbocycles. The van der Waals surface area contributed by atoms with Gasteiger partial charge in [-0.3, -0.25) is 9.59 Å². The predicted octanol–water partition coefficient (Wildman–Crippen LogP) is 0.579. The van der Waals surface area contributed by atoms with Gasteiger partial charge in [-0.25, -0.2) is 0 Å². The molecule has 0 aliphatic heterocycles. The molecule has 0 saturated carbocycles. The zero-order valence-corrected chi connectivity index (χ0v) is 9.20. The molecule has 78 valence electrons. The van der Waals surface area contributed by atoms with E-state index in [4.69, 9.17) is 0 Å². The lowest BCUT2D eigenvalue weighted by atomic mass is 10.5. The number of carbonyl (C=O) groups excluding carboxylic acids is 2. The van der Waals surface area contributed by atoms with Crippen LogP contribution < -0.4 is 0 Å². The molecule has 13 heavy (non-hydrogen) atoms. The van der Waals surface area contributed by atoms with Crippen molar-refractivity contribution in [2.75, 3.05) is 27.2 Å². The van der Waals surface area contributed by atoms with Gasteiger partial charge in [0.25, 0.3) is 0 Å². The van der Waals surface area contributed by atoms with Crippen molar-refractivity contribution < 1.29 is 9.59 Å². The van der Waals surface area contributed by atoms with Gasteiger partial charge in [-0.05, 0) is 13.8 Å². The third kappa shape index (κ3) is 10.9. The Hall–Kier alpha value is -1.06. The molecule has 0 unspecified atom stereocenters.